The molecule has 2 heterocycles. The first-order chi connectivity index (χ1) is 8.18. The number of carbonyl (C=O) groups excluding carboxylic acids is 2. The molecule has 6 nitrogen and oxygen atoms in total. The van der Waals surface area contributed by atoms with Gasteiger partial charge >= 0.3 is 0 Å². The molecule has 2 rings (SSSR count). The number of hydrogen-bond donors (Lipinski definition) is 1. The highest BCUT2D eigenvalue weighted by atomic mass is 16.5. The number of rotatable bonds is 2. The Morgan fingerprint density at radius 2 is 2.47 bits per heavy atom. The van der Waals surface area contributed by atoms with Gasteiger partial charge in [-0.25, -0.2) is 0 Å². The van der Waals surface area contributed by atoms with Crippen molar-refractivity contribution in [3.8, 4) is 0 Å². The van der Waals surface area contributed by atoms with Crippen LogP contribution in [0.4, 0.5) is 0 Å². The van der Waals surface area contributed by atoms with Crippen LogP contribution in [0.3, 0.4) is 0 Å². The summed E-state index contributed by atoms with van der Waals surface area (Å²) in [5.74, 6) is -0.149. The van der Waals surface area contributed by atoms with Crippen LogP contribution in [0.25, 0.3) is 0 Å². The molecule has 94 valence electrons. The van der Waals surface area contributed by atoms with Crippen molar-refractivity contribution >= 4 is 11.8 Å². The summed E-state index contributed by atoms with van der Waals surface area (Å²) in [6, 6.07) is 0.0830. The molecule has 6 heteroatoms. The lowest BCUT2D eigenvalue weighted by molar-refractivity contribution is -0.144. The third-order valence-electron chi connectivity index (χ3n) is 2.95. The number of hydrogen-bond acceptors (Lipinski definition) is 4. The summed E-state index contributed by atoms with van der Waals surface area (Å²) in [5, 5.41) is 2.91. The lowest BCUT2D eigenvalue weighted by Crippen LogP contribution is -2.52. The molecule has 0 aromatic carbocycles. The number of ether oxygens (including phenoxy) is 1. The lowest BCUT2D eigenvalue weighted by Gasteiger charge is -2.35. The first kappa shape index (κ1) is 11.9. The molecule has 0 aliphatic carbocycles. The van der Waals surface area contributed by atoms with Crippen molar-refractivity contribution in [1.29, 1.82) is 0 Å². The van der Waals surface area contributed by atoms with Crippen LogP contribution < -0.4 is 5.32 Å². The molecule has 0 spiro atoms. The summed E-state index contributed by atoms with van der Waals surface area (Å²) in [6.45, 7) is 4.21. The molecule has 0 bridgehead atoms. The van der Waals surface area contributed by atoms with E-state index in [0.717, 1.165) is 0 Å². The van der Waals surface area contributed by atoms with Crippen molar-refractivity contribution < 1.29 is 14.3 Å². The molecule has 17 heavy (non-hydrogen) atoms. The van der Waals surface area contributed by atoms with Gasteiger partial charge in [0, 0.05) is 18.8 Å². The zero-order valence-corrected chi connectivity index (χ0v) is 9.89. The standard InChI is InChI=1S/C11H17N3O3/c1-9-7-17-5-4-14(9)11(16)6-13-8-12-3-2-10(13)15/h2-3,9,12H,4-8H2,1H3/t9-/m0/s1. The van der Waals surface area contributed by atoms with E-state index in [1.165, 1.54) is 11.0 Å². The molecule has 1 saturated heterocycles. The minimum absolute atomic E-state index is 0.0220. The molecule has 0 unspecified atom stereocenters. The van der Waals surface area contributed by atoms with Gasteiger partial charge in [0.25, 0.3) is 0 Å². The van der Waals surface area contributed by atoms with Gasteiger partial charge in [-0.15, -0.1) is 0 Å². The van der Waals surface area contributed by atoms with E-state index in [0.29, 0.717) is 26.4 Å². The smallest absolute Gasteiger partial charge is 0.249 e. The van der Waals surface area contributed by atoms with Crippen molar-refractivity contribution in [2.75, 3.05) is 33.0 Å². The van der Waals surface area contributed by atoms with Crippen LogP contribution in [-0.4, -0.2) is 60.6 Å². The Morgan fingerprint density at radius 3 is 3.18 bits per heavy atom. The van der Waals surface area contributed by atoms with E-state index in [4.69, 9.17) is 4.74 Å². The maximum atomic E-state index is 12.0. The molecule has 0 aromatic rings. The highest BCUT2D eigenvalue weighted by Crippen LogP contribution is 2.07. The van der Waals surface area contributed by atoms with Crippen molar-refractivity contribution in [3.05, 3.63) is 12.3 Å². The van der Waals surface area contributed by atoms with E-state index < -0.39 is 0 Å². The van der Waals surface area contributed by atoms with Crippen LogP contribution in [-0.2, 0) is 14.3 Å². The highest BCUT2D eigenvalue weighted by Gasteiger charge is 2.26. The first-order valence-electron chi connectivity index (χ1n) is 5.74. The summed E-state index contributed by atoms with van der Waals surface area (Å²) >= 11 is 0. The van der Waals surface area contributed by atoms with E-state index in [2.05, 4.69) is 5.32 Å². The van der Waals surface area contributed by atoms with Crippen LogP contribution in [0.2, 0.25) is 0 Å². The minimum atomic E-state index is -0.127. The van der Waals surface area contributed by atoms with E-state index >= 15 is 0 Å². The van der Waals surface area contributed by atoms with Gasteiger partial charge in [-0.1, -0.05) is 0 Å². The van der Waals surface area contributed by atoms with Gasteiger partial charge in [0.2, 0.25) is 11.8 Å². The van der Waals surface area contributed by atoms with Crippen molar-refractivity contribution in [2.24, 2.45) is 0 Å². The monoisotopic (exact) mass is 239 g/mol. The van der Waals surface area contributed by atoms with Crippen LogP contribution in [0.1, 0.15) is 6.92 Å². The minimum Gasteiger partial charge on any atom is -0.377 e. The van der Waals surface area contributed by atoms with E-state index in [1.54, 1.807) is 11.1 Å². The molecule has 2 aliphatic rings. The third-order valence-corrected chi connectivity index (χ3v) is 2.95. The predicted octanol–water partition coefficient (Wildman–Crippen LogP) is -0.863. The molecular formula is C11H17N3O3. The molecule has 1 N–H and O–H groups in total. The Hall–Kier alpha value is -1.56. The average Bonchev–Trinajstić information content (AvgIpc) is 2.32. The fourth-order valence-electron chi connectivity index (χ4n) is 1.96. The summed E-state index contributed by atoms with van der Waals surface area (Å²) in [5.41, 5.74) is 0. The van der Waals surface area contributed by atoms with Crippen LogP contribution in [0.5, 0.6) is 0 Å². The Morgan fingerprint density at radius 1 is 1.65 bits per heavy atom. The van der Waals surface area contributed by atoms with Crippen molar-refractivity contribution in [1.82, 2.24) is 15.1 Å². The molecule has 2 amide bonds. The number of amides is 2. The third kappa shape index (κ3) is 2.76. The van der Waals surface area contributed by atoms with Gasteiger partial charge in [0.15, 0.2) is 0 Å². The van der Waals surface area contributed by atoms with Gasteiger partial charge in [-0.05, 0) is 6.92 Å². The number of nitrogens with one attached hydrogen (secondary N) is 1. The van der Waals surface area contributed by atoms with E-state index in [1.807, 2.05) is 6.92 Å². The zero-order chi connectivity index (χ0) is 12.3. The predicted molar refractivity (Wildman–Crippen MR) is 60.8 cm³/mol. The van der Waals surface area contributed by atoms with Gasteiger partial charge in [0.05, 0.1) is 25.9 Å². The Labute approximate surface area is 100 Å². The van der Waals surface area contributed by atoms with Gasteiger partial charge in [0.1, 0.15) is 6.54 Å². The Kier molecular flexibility index (Phi) is 3.63. The normalized spacial score (nSPS) is 24.8. The molecule has 0 saturated carbocycles. The van der Waals surface area contributed by atoms with Gasteiger partial charge in [-0.2, -0.15) is 0 Å². The Balaban J connectivity index is 1.91. The van der Waals surface area contributed by atoms with E-state index in [-0.39, 0.29) is 24.4 Å². The SMILES string of the molecule is C[C@H]1COCCN1C(=O)CN1CNC=CC1=O. The summed E-state index contributed by atoms with van der Waals surface area (Å²) in [4.78, 5) is 26.8. The molecule has 2 aliphatic heterocycles. The number of nitrogens with zero attached hydrogens (tertiary/aromatic N) is 2. The number of carbonyl (C=O) groups is 2. The second-order valence-corrected chi connectivity index (χ2v) is 4.24. The largest absolute Gasteiger partial charge is 0.377 e. The summed E-state index contributed by atoms with van der Waals surface area (Å²) in [7, 11) is 0. The van der Waals surface area contributed by atoms with Crippen LogP contribution >= 0.6 is 0 Å². The maximum Gasteiger partial charge on any atom is 0.249 e. The van der Waals surface area contributed by atoms with Gasteiger partial charge < -0.3 is 19.9 Å². The van der Waals surface area contributed by atoms with Crippen molar-refractivity contribution in [2.45, 2.75) is 13.0 Å². The molecule has 0 aromatic heterocycles. The zero-order valence-electron chi connectivity index (χ0n) is 9.89. The topological polar surface area (TPSA) is 61.9 Å². The molecule has 1 fully saturated rings. The van der Waals surface area contributed by atoms with E-state index in [9.17, 15) is 9.59 Å². The van der Waals surface area contributed by atoms with Gasteiger partial charge in [-0.3, -0.25) is 9.59 Å². The maximum absolute atomic E-state index is 12.0. The fourth-order valence-corrected chi connectivity index (χ4v) is 1.96. The first-order valence-corrected chi connectivity index (χ1v) is 5.74. The quantitative estimate of drug-likeness (QED) is 0.681. The lowest BCUT2D eigenvalue weighted by atomic mass is 10.2. The van der Waals surface area contributed by atoms with Crippen molar-refractivity contribution in [3.63, 3.8) is 0 Å². The van der Waals surface area contributed by atoms with Crippen LogP contribution in [0, 0.1) is 0 Å². The average molecular weight is 239 g/mol. The fraction of sp³-hybridized carbons (Fsp3) is 0.636. The summed E-state index contributed by atoms with van der Waals surface area (Å²) in [6.07, 6.45) is 3.03. The second kappa shape index (κ2) is 5.18. The summed E-state index contributed by atoms with van der Waals surface area (Å²) < 4.78 is 5.28. The molecule has 1 atom stereocenters. The second-order valence-electron chi connectivity index (χ2n) is 4.24. The Bertz CT molecular complexity index is 343. The molecule has 0 radical (unpaired) electrons. The highest BCUT2D eigenvalue weighted by molar-refractivity contribution is 5.91. The van der Waals surface area contributed by atoms with Crippen LogP contribution in [0.15, 0.2) is 12.3 Å². The molecular weight excluding hydrogens is 222 g/mol. The number of morpholine rings is 1.